The summed E-state index contributed by atoms with van der Waals surface area (Å²) in [7, 11) is 0. The average molecular weight is 617 g/mol. The summed E-state index contributed by atoms with van der Waals surface area (Å²) in [5.41, 5.74) is 18.4. The van der Waals surface area contributed by atoms with Gasteiger partial charge in [0.2, 0.25) is 0 Å². The highest BCUT2D eigenvalue weighted by Crippen LogP contribution is 2.39. The Kier molecular flexibility index (Phi) is 7.49. The van der Waals surface area contributed by atoms with Crippen molar-refractivity contribution >= 4 is 34.4 Å². The van der Waals surface area contributed by atoms with Crippen molar-refractivity contribution in [3.05, 3.63) is 116 Å². The van der Waals surface area contributed by atoms with Crippen LogP contribution in [0, 0.1) is 0 Å². The van der Waals surface area contributed by atoms with Crippen molar-refractivity contribution in [1.29, 1.82) is 0 Å². The van der Waals surface area contributed by atoms with Gasteiger partial charge in [-0.05, 0) is 68.5 Å². The highest BCUT2D eigenvalue weighted by atomic mass is 16.2. The first kappa shape index (κ1) is 31.3. The lowest BCUT2D eigenvalue weighted by atomic mass is 9.84. The van der Waals surface area contributed by atoms with Gasteiger partial charge in [-0.3, -0.25) is 29.0 Å². The van der Waals surface area contributed by atoms with Crippen LogP contribution in [0.15, 0.2) is 60.7 Å². The molecule has 4 N–H and O–H groups in total. The number of imide groups is 2. The van der Waals surface area contributed by atoms with Crippen LogP contribution < -0.4 is 11.5 Å². The van der Waals surface area contributed by atoms with Crippen LogP contribution in [0.25, 0.3) is 10.8 Å². The summed E-state index contributed by atoms with van der Waals surface area (Å²) < 4.78 is 0. The van der Waals surface area contributed by atoms with Gasteiger partial charge in [-0.15, -0.1) is 0 Å². The molecule has 8 nitrogen and oxygen atoms in total. The average Bonchev–Trinajstić information content (AvgIpc) is 3.01. The molecule has 0 fully saturated rings. The van der Waals surface area contributed by atoms with Gasteiger partial charge < -0.3 is 11.5 Å². The molecule has 4 aromatic rings. The SMILES string of the molecule is CC(C)(C)c1cc(CN)cc(CN2C(=O)c3ccc4c5c(ccc(c35)C2=O)C(=O)N(Cc2cc(CN)cc(C(C)(C)C)c2)C4=O)c1. The fourth-order valence-electron chi connectivity index (χ4n) is 6.44. The molecule has 4 aromatic carbocycles. The molecule has 0 aromatic heterocycles. The molecule has 0 saturated heterocycles. The summed E-state index contributed by atoms with van der Waals surface area (Å²) in [6.07, 6.45) is 0. The predicted molar refractivity (Wildman–Crippen MR) is 178 cm³/mol. The van der Waals surface area contributed by atoms with Gasteiger partial charge in [-0.2, -0.15) is 0 Å². The third kappa shape index (κ3) is 5.21. The second-order valence-corrected chi connectivity index (χ2v) is 14.4. The Bertz CT molecular complexity index is 1770. The topological polar surface area (TPSA) is 127 Å². The van der Waals surface area contributed by atoms with E-state index in [9.17, 15) is 19.2 Å². The molecule has 0 atom stereocenters. The second-order valence-electron chi connectivity index (χ2n) is 14.4. The Morgan fingerprint density at radius 1 is 0.478 bits per heavy atom. The molecule has 2 aliphatic heterocycles. The highest BCUT2D eigenvalue weighted by Gasteiger charge is 2.40. The van der Waals surface area contributed by atoms with Crippen LogP contribution in [0.3, 0.4) is 0 Å². The smallest absolute Gasteiger partial charge is 0.261 e. The lowest BCUT2D eigenvalue weighted by Gasteiger charge is -2.32. The van der Waals surface area contributed by atoms with Crippen LogP contribution in [0.4, 0.5) is 0 Å². The quantitative estimate of drug-likeness (QED) is 0.258. The summed E-state index contributed by atoms with van der Waals surface area (Å²) in [5.74, 6) is -1.86. The number of hydrogen-bond donors (Lipinski definition) is 2. The van der Waals surface area contributed by atoms with E-state index in [1.807, 2.05) is 24.3 Å². The number of benzene rings is 4. The molecule has 0 saturated carbocycles. The van der Waals surface area contributed by atoms with Gasteiger partial charge in [0.1, 0.15) is 0 Å². The molecule has 0 aliphatic carbocycles. The third-order valence-electron chi connectivity index (χ3n) is 9.05. The molecule has 46 heavy (non-hydrogen) atoms. The molecule has 236 valence electrons. The molecule has 8 heteroatoms. The molecule has 0 spiro atoms. The molecule has 0 bridgehead atoms. The Hall–Kier alpha value is -4.66. The minimum atomic E-state index is -0.465. The predicted octanol–water partition coefficient (Wildman–Crippen LogP) is 5.94. The minimum Gasteiger partial charge on any atom is -0.326 e. The fraction of sp³-hybridized carbons (Fsp3) is 0.316. The lowest BCUT2D eigenvalue weighted by Crippen LogP contribution is -2.42. The molecule has 2 heterocycles. The van der Waals surface area contributed by atoms with Crippen LogP contribution in [0.5, 0.6) is 0 Å². The van der Waals surface area contributed by atoms with E-state index >= 15 is 0 Å². The van der Waals surface area contributed by atoms with Gasteiger partial charge in [0.15, 0.2) is 0 Å². The van der Waals surface area contributed by atoms with Gasteiger partial charge in [0.25, 0.3) is 23.6 Å². The van der Waals surface area contributed by atoms with Crippen LogP contribution in [-0.2, 0) is 37.0 Å². The first-order valence-corrected chi connectivity index (χ1v) is 15.6. The zero-order valence-corrected chi connectivity index (χ0v) is 27.3. The Balaban J connectivity index is 1.38. The third-order valence-corrected chi connectivity index (χ3v) is 9.05. The van der Waals surface area contributed by atoms with Gasteiger partial charge in [0, 0.05) is 46.1 Å². The second kappa shape index (κ2) is 11.0. The van der Waals surface area contributed by atoms with Crippen molar-refractivity contribution in [3.8, 4) is 0 Å². The highest BCUT2D eigenvalue weighted by molar-refractivity contribution is 6.33. The fourth-order valence-corrected chi connectivity index (χ4v) is 6.44. The number of amides is 4. The maximum atomic E-state index is 13.9. The lowest BCUT2D eigenvalue weighted by molar-refractivity contribution is 0.0577. The van der Waals surface area contributed by atoms with Crippen molar-refractivity contribution in [2.75, 3.05) is 0 Å². The largest absolute Gasteiger partial charge is 0.326 e. The molecule has 0 radical (unpaired) electrons. The van der Waals surface area contributed by atoms with Crippen molar-refractivity contribution in [1.82, 2.24) is 9.80 Å². The minimum absolute atomic E-state index is 0.0725. The Morgan fingerprint density at radius 2 is 0.761 bits per heavy atom. The number of carbonyl (C=O) groups excluding carboxylic acids is 4. The van der Waals surface area contributed by atoms with E-state index in [1.54, 1.807) is 24.3 Å². The van der Waals surface area contributed by atoms with E-state index in [4.69, 9.17) is 11.5 Å². The van der Waals surface area contributed by atoms with Crippen LogP contribution in [0.2, 0.25) is 0 Å². The van der Waals surface area contributed by atoms with Crippen molar-refractivity contribution in [2.24, 2.45) is 11.5 Å². The van der Waals surface area contributed by atoms with Crippen LogP contribution >= 0.6 is 0 Å². The summed E-state index contributed by atoms with van der Waals surface area (Å²) in [4.78, 5) is 58.1. The molecule has 6 rings (SSSR count). The standard InChI is InChI=1S/C38H40N4O4/c1-37(2,3)25-13-21(17-39)11-23(15-25)19-41-33(43)27-7-9-29-32-30(10-8-28(31(27)32)34(41)44)36(46)42(35(29)45)20-24-12-22(18-40)14-26(16-24)38(4,5)6/h7-16H,17-20,39-40H2,1-6H3. The van der Waals surface area contributed by atoms with E-state index in [-0.39, 0.29) is 23.9 Å². The zero-order chi connectivity index (χ0) is 33.3. The van der Waals surface area contributed by atoms with Crippen molar-refractivity contribution < 1.29 is 19.2 Å². The van der Waals surface area contributed by atoms with E-state index in [2.05, 4.69) is 53.7 Å². The maximum Gasteiger partial charge on any atom is 0.261 e. The Morgan fingerprint density at radius 3 is 1.02 bits per heavy atom. The zero-order valence-electron chi connectivity index (χ0n) is 27.3. The number of rotatable bonds is 6. The summed E-state index contributed by atoms with van der Waals surface area (Å²) in [5, 5.41) is 0.711. The maximum absolute atomic E-state index is 13.9. The number of hydrogen-bond acceptors (Lipinski definition) is 6. The van der Waals surface area contributed by atoms with E-state index in [0.717, 1.165) is 33.4 Å². The molecular weight excluding hydrogens is 576 g/mol. The number of carbonyl (C=O) groups is 4. The molecular formula is C38H40N4O4. The summed E-state index contributed by atoms with van der Waals surface area (Å²) in [6.45, 7) is 13.4. The Labute approximate surface area is 269 Å². The molecule has 4 amide bonds. The van der Waals surface area contributed by atoms with Gasteiger partial charge >= 0.3 is 0 Å². The number of nitrogens with two attached hydrogens (primary N) is 2. The first-order chi connectivity index (χ1) is 21.6. The van der Waals surface area contributed by atoms with Crippen LogP contribution in [-0.4, -0.2) is 33.4 Å². The van der Waals surface area contributed by atoms with Crippen molar-refractivity contribution in [2.45, 2.75) is 78.6 Å². The number of nitrogens with zero attached hydrogens (tertiary/aromatic N) is 2. The summed E-state index contributed by atoms with van der Waals surface area (Å²) >= 11 is 0. The molecule has 0 unspecified atom stereocenters. The van der Waals surface area contributed by atoms with E-state index in [1.165, 1.54) is 9.80 Å². The molecule has 2 aliphatic rings. The monoisotopic (exact) mass is 616 g/mol. The normalized spacial score (nSPS) is 15.0. The van der Waals surface area contributed by atoms with E-state index in [0.29, 0.717) is 46.1 Å². The van der Waals surface area contributed by atoms with Gasteiger partial charge in [-0.1, -0.05) is 77.9 Å². The van der Waals surface area contributed by atoms with Crippen LogP contribution in [0.1, 0.15) is 116 Å². The first-order valence-electron chi connectivity index (χ1n) is 15.6. The van der Waals surface area contributed by atoms with Gasteiger partial charge in [-0.25, -0.2) is 0 Å². The van der Waals surface area contributed by atoms with Crippen molar-refractivity contribution in [3.63, 3.8) is 0 Å². The van der Waals surface area contributed by atoms with Gasteiger partial charge in [0.05, 0.1) is 13.1 Å². The van der Waals surface area contributed by atoms with E-state index < -0.39 is 23.6 Å². The summed E-state index contributed by atoms with van der Waals surface area (Å²) in [6, 6.07) is 18.4.